The number of unbranched alkanes of at least 4 members (excludes halogenated alkanes) is 5. The molecule has 0 amide bonds. The van der Waals surface area contributed by atoms with Crippen LogP contribution in [0.5, 0.6) is 17.2 Å². The van der Waals surface area contributed by atoms with Gasteiger partial charge in [-0.05, 0) is 18.6 Å². The zero-order valence-corrected chi connectivity index (χ0v) is 10.5. The minimum absolute atomic E-state index is 0.0776. The van der Waals surface area contributed by atoms with Gasteiger partial charge in [-0.2, -0.15) is 0 Å². The third-order valence-corrected chi connectivity index (χ3v) is 2.70. The molecule has 0 atom stereocenters. The highest BCUT2D eigenvalue weighted by atomic mass is 16.5. The zero-order chi connectivity index (χ0) is 12.5. The first-order valence-corrected chi connectivity index (χ1v) is 6.39. The van der Waals surface area contributed by atoms with Gasteiger partial charge in [0.1, 0.15) is 5.75 Å². The van der Waals surface area contributed by atoms with Crippen LogP contribution in [0.1, 0.15) is 45.4 Å². The van der Waals surface area contributed by atoms with Crippen LogP contribution in [-0.4, -0.2) is 16.8 Å². The number of benzene rings is 1. The van der Waals surface area contributed by atoms with Crippen molar-refractivity contribution in [3.8, 4) is 17.2 Å². The lowest BCUT2D eigenvalue weighted by molar-refractivity contribution is 0.287. The maximum atomic E-state index is 9.47. The summed E-state index contributed by atoms with van der Waals surface area (Å²) in [5.41, 5.74) is 0. The molecule has 0 aromatic heterocycles. The second kappa shape index (κ2) is 7.82. The van der Waals surface area contributed by atoms with Crippen molar-refractivity contribution in [2.24, 2.45) is 0 Å². The Kier molecular flexibility index (Phi) is 6.30. The standard InChI is InChI=1S/C14H22O3/c1-2-3-4-5-6-7-10-17-14-11-12(15)8-9-13(14)16/h8-9,11,15-16H,2-7,10H2,1H3. The van der Waals surface area contributed by atoms with Crippen LogP contribution >= 0.6 is 0 Å². The monoisotopic (exact) mass is 238 g/mol. The lowest BCUT2D eigenvalue weighted by atomic mass is 10.1. The van der Waals surface area contributed by atoms with E-state index in [1.807, 2.05) is 0 Å². The predicted molar refractivity (Wildman–Crippen MR) is 68.6 cm³/mol. The number of rotatable bonds is 8. The molecule has 0 unspecified atom stereocenters. The lowest BCUT2D eigenvalue weighted by Crippen LogP contribution is -1.97. The Morgan fingerprint density at radius 1 is 1.00 bits per heavy atom. The number of aromatic hydroxyl groups is 2. The van der Waals surface area contributed by atoms with Crippen molar-refractivity contribution in [2.75, 3.05) is 6.61 Å². The number of phenolic OH excluding ortho intramolecular Hbond substituents is 2. The summed E-state index contributed by atoms with van der Waals surface area (Å²) in [6.07, 6.45) is 7.22. The first-order chi connectivity index (χ1) is 8.24. The summed E-state index contributed by atoms with van der Waals surface area (Å²) >= 11 is 0. The van der Waals surface area contributed by atoms with Crippen molar-refractivity contribution in [2.45, 2.75) is 45.4 Å². The second-order valence-corrected chi connectivity index (χ2v) is 4.27. The van der Waals surface area contributed by atoms with Crippen LogP contribution in [0.25, 0.3) is 0 Å². The van der Waals surface area contributed by atoms with Gasteiger partial charge in [-0.1, -0.05) is 39.0 Å². The van der Waals surface area contributed by atoms with Gasteiger partial charge in [-0.25, -0.2) is 0 Å². The summed E-state index contributed by atoms with van der Waals surface area (Å²) in [5.74, 6) is 0.549. The highest BCUT2D eigenvalue weighted by molar-refractivity contribution is 5.43. The van der Waals surface area contributed by atoms with Gasteiger partial charge >= 0.3 is 0 Å². The minimum Gasteiger partial charge on any atom is -0.508 e. The summed E-state index contributed by atoms with van der Waals surface area (Å²) in [7, 11) is 0. The Morgan fingerprint density at radius 3 is 2.47 bits per heavy atom. The Labute approximate surface area is 103 Å². The van der Waals surface area contributed by atoms with Crippen LogP contribution in [0.4, 0.5) is 0 Å². The van der Waals surface area contributed by atoms with Crippen LogP contribution in [0.3, 0.4) is 0 Å². The molecule has 96 valence electrons. The van der Waals surface area contributed by atoms with Crippen LogP contribution in [0.15, 0.2) is 18.2 Å². The largest absolute Gasteiger partial charge is 0.508 e. The molecule has 1 aromatic carbocycles. The molecule has 0 radical (unpaired) electrons. The average Bonchev–Trinajstić information content (AvgIpc) is 2.32. The minimum atomic E-state index is 0.0776. The van der Waals surface area contributed by atoms with Gasteiger partial charge in [0.15, 0.2) is 11.5 Å². The molecule has 0 fully saturated rings. The summed E-state index contributed by atoms with van der Waals surface area (Å²) in [6.45, 7) is 2.79. The second-order valence-electron chi connectivity index (χ2n) is 4.27. The van der Waals surface area contributed by atoms with Crippen molar-refractivity contribution < 1.29 is 14.9 Å². The van der Waals surface area contributed by atoms with Crippen LogP contribution < -0.4 is 4.74 Å². The van der Waals surface area contributed by atoms with E-state index in [2.05, 4.69) is 6.92 Å². The van der Waals surface area contributed by atoms with Crippen molar-refractivity contribution in [1.29, 1.82) is 0 Å². The van der Waals surface area contributed by atoms with E-state index >= 15 is 0 Å². The quantitative estimate of drug-likeness (QED) is 0.534. The molecule has 0 saturated carbocycles. The third kappa shape index (κ3) is 5.48. The average molecular weight is 238 g/mol. The number of phenols is 2. The fraction of sp³-hybridized carbons (Fsp3) is 0.571. The molecular formula is C14H22O3. The molecule has 3 nitrogen and oxygen atoms in total. The van der Waals surface area contributed by atoms with Crippen molar-refractivity contribution in [3.63, 3.8) is 0 Å². The molecule has 17 heavy (non-hydrogen) atoms. The summed E-state index contributed by atoms with van der Waals surface area (Å²) in [6, 6.07) is 4.31. The maximum Gasteiger partial charge on any atom is 0.164 e. The van der Waals surface area contributed by atoms with Gasteiger partial charge in [0.2, 0.25) is 0 Å². The molecule has 0 aliphatic heterocycles. The van der Waals surface area contributed by atoms with E-state index in [4.69, 9.17) is 4.74 Å². The van der Waals surface area contributed by atoms with Gasteiger partial charge in [-0.15, -0.1) is 0 Å². The molecule has 0 spiro atoms. The first-order valence-electron chi connectivity index (χ1n) is 6.39. The lowest BCUT2D eigenvalue weighted by Gasteiger charge is -2.08. The number of hydrogen-bond donors (Lipinski definition) is 2. The topological polar surface area (TPSA) is 49.7 Å². The molecule has 1 rings (SSSR count). The molecule has 0 aliphatic rings. The fourth-order valence-corrected chi connectivity index (χ4v) is 1.68. The van der Waals surface area contributed by atoms with E-state index in [1.54, 1.807) is 0 Å². The molecule has 0 bridgehead atoms. The maximum absolute atomic E-state index is 9.47. The summed E-state index contributed by atoms with van der Waals surface area (Å²) in [4.78, 5) is 0. The Bertz CT molecular complexity index is 323. The number of hydrogen-bond acceptors (Lipinski definition) is 3. The van der Waals surface area contributed by atoms with E-state index in [9.17, 15) is 10.2 Å². The van der Waals surface area contributed by atoms with Gasteiger partial charge in [-0.3, -0.25) is 0 Å². The zero-order valence-electron chi connectivity index (χ0n) is 10.5. The van der Waals surface area contributed by atoms with Gasteiger partial charge < -0.3 is 14.9 Å². The molecule has 0 saturated heterocycles. The molecule has 0 heterocycles. The number of ether oxygens (including phenoxy) is 1. The van der Waals surface area contributed by atoms with E-state index in [1.165, 1.54) is 43.9 Å². The van der Waals surface area contributed by atoms with Gasteiger partial charge in [0.25, 0.3) is 0 Å². The smallest absolute Gasteiger partial charge is 0.164 e. The van der Waals surface area contributed by atoms with Gasteiger partial charge in [0.05, 0.1) is 6.61 Å². The van der Waals surface area contributed by atoms with Crippen LogP contribution in [0.2, 0.25) is 0 Å². The Morgan fingerprint density at radius 2 is 1.71 bits per heavy atom. The van der Waals surface area contributed by atoms with Crippen LogP contribution in [0, 0.1) is 0 Å². The fourth-order valence-electron chi connectivity index (χ4n) is 1.68. The van der Waals surface area contributed by atoms with Crippen molar-refractivity contribution in [3.05, 3.63) is 18.2 Å². The summed E-state index contributed by atoms with van der Waals surface area (Å²) < 4.78 is 5.41. The van der Waals surface area contributed by atoms with Crippen LogP contribution in [-0.2, 0) is 0 Å². The molecule has 3 heteroatoms. The van der Waals surface area contributed by atoms with E-state index in [0.717, 1.165) is 12.8 Å². The highest BCUT2D eigenvalue weighted by Crippen LogP contribution is 2.29. The first kappa shape index (κ1) is 13.7. The van der Waals surface area contributed by atoms with E-state index < -0.39 is 0 Å². The Hall–Kier alpha value is -1.38. The van der Waals surface area contributed by atoms with E-state index in [-0.39, 0.29) is 11.5 Å². The SMILES string of the molecule is CCCCCCCCOc1cc(O)ccc1O. The molecule has 0 aliphatic carbocycles. The van der Waals surface area contributed by atoms with E-state index in [0.29, 0.717) is 12.4 Å². The normalized spacial score (nSPS) is 10.4. The Balaban J connectivity index is 2.15. The molecule has 2 N–H and O–H groups in total. The predicted octanol–water partition coefficient (Wildman–Crippen LogP) is 3.84. The highest BCUT2D eigenvalue weighted by Gasteiger charge is 2.02. The van der Waals surface area contributed by atoms with Crippen molar-refractivity contribution >= 4 is 0 Å². The third-order valence-electron chi connectivity index (χ3n) is 2.70. The van der Waals surface area contributed by atoms with Gasteiger partial charge in [0, 0.05) is 6.07 Å². The molecular weight excluding hydrogens is 216 g/mol. The van der Waals surface area contributed by atoms with Crippen molar-refractivity contribution in [1.82, 2.24) is 0 Å². The molecule has 1 aromatic rings. The summed E-state index contributed by atoms with van der Waals surface area (Å²) in [5, 5.41) is 18.7.